The number of aryl methyl sites for hydroxylation is 1. The van der Waals surface area contributed by atoms with Gasteiger partial charge >= 0.3 is 0 Å². The van der Waals surface area contributed by atoms with Gasteiger partial charge in [0.05, 0.1) is 5.52 Å². The Labute approximate surface area is 155 Å². The number of nitrogens with one attached hydrogen (secondary N) is 1. The van der Waals surface area contributed by atoms with Crippen LogP contribution in [-0.2, 0) is 4.79 Å². The van der Waals surface area contributed by atoms with Crippen LogP contribution in [-0.4, -0.2) is 32.8 Å². The number of amides is 1. The molecule has 1 saturated heterocycles. The molecule has 1 fully saturated rings. The number of fused-ring (bicyclic) bond motifs is 1. The van der Waals surface area contributed by atoms with Gasteiger partial charge in [0, 0.05) is 30.0 Å². The zero-order valence-corrected chi connectivity index (χ0v) is 14.7. The summed E-state index contributed by atoms with van der Waals surface area (Å²) in [6.45, 7) is 2.57. The zero-order valence-electron chi connectivity index (χ0n) is 14.7. The van der Waals surface area contributed by atoms with Gasteiger partial charge in [-0.25, -0.2) is 0 Å². The van der Waals surface area contributed by atoms with Gasteiger partial charge in [0.15, 0.2) is 11.5 Å². The number of carbonyl (C=O) groups is 1. The van der Waals surface area contributed by atoms with E-state index in [1.165, 1.54) is 0 Å². The first-order chi connectivity index (χ1) is 13.2. The molecule has 1 atom stereocenters. The minimum absolute atomic E-state index is 0.0698. The summed E-state index contributed by atoms with van der Waals surface area (Å²) >= 11 is 0. The molecule has 5 rings (SSSR count). The smallest absolute Gasteiger partial charge is 0.279 e. The van der Waals surface area contributed by atoms with Gasteiger partial charge in [0.2, 0.25) is 5.91 Å². The van der Waals surface area contributed by atoms with Crippen molar-refractivity contribution in [2.45, 2.75) is 19.3 Å². The van der Waals surface area contributed by atoms with Crippen molar-refractivity contribution in [1.82, 2.24) is 20.3 Å². The van der Waals surface area contributed by atoms with Crippen molar-refractivity contribution < 1.29 is 9.32 Å². The summed E-state index contributed by atoms with van der Waals surface area (Å²) < 4.78 is 5.45. The highest BCUT2D eigenvalue weighted by Gasteiger charge is 2.34. The van der Waals surface area contributed by atoms with Crippen molar-refractivity contribution in [3.8, 4) is 11.6 Å². The van der Waals surface area contributed by atoms with Crippen LogP contribution < -0.4 is 4.90 Å². The Morgan fingerprint density at radius 3 is 2.81 bits per heavy atom. The lowest BCUT2D eigenvalue weighted by Gasteiger charge is -2.16. The number of nitrogens with zero attached hydrogens (tertiary/aromatic N) is 4. The maximum atomic E-state index is 12.5. The molecule has 27 heavy (non-hydrogen) atoms. The van der Waals surface area contributed by atoms with Gasteiger partial charge < -0.3 is 9.42 Å². The number of aromatic nitrogens is 4. The molecule has 0 radical (unpaired) electrons. The van der Waals surface area contributed by atoms with Crippen LogP contribution in [0.5, 0.6) is 0 Å². The van der Waals surface area contributed by atoms with Gasteiger partial charge in [-0.15, -0.1) is 0 Å². The lowest BCUT2D eigenvalue weighted by Crippen LogP contribution is -2.24. The number of rotatable bonds is 3. The minimum atomic E-state index is -0.0958. The molecule has 7 heteroatoms. The third-order valence-corrected chi connectivity index (χ3v) is 4.95. The van der Waals surface area contributed by atoms with E-state index in [1.54, 1.807) is 4.90 Å². The van der Waals surface area contributed by atoms with Crippen molar-refractivity contribution in [3.05, 3.63) is 59.9 Å². The second kappa shape index (κ2) is 6.05. The van der Waals surface area contributed by atoms with Gasteiger partial charge in [-0.3, -0.25) is 9.89 Å². The number of para-hydroxylation sites is 1. The number of anilines is 1. The Hall–Kier alpha value is -3.48. The molecule has 1 aliphatic heterocycles. The van der Waals surface area contributed by atoms with Gasteiger partial charge in [0.25, 0.3) is 5.89 Å². The Balaban J connectivity index is 1.42. The molecular weight excluding hydrogens is 342 g/mol. The van der Waals surface area contributed by atoms with Crippen molar-refractivity contribution in [2.24, 2.45) is 0 Å². The normalized spacial score (nSPS) is 17.1. The zero-order chi connectivity index (χ0) is 18.4. The molecule has 0 aliphatic carbocycles. The largest absolute Gasteiger partial charge is 0.332 e. The molecule has 1 unspecified atom stereocenters. The van der Waals surface area contributed by atoms with Crippen LogP contribution in [0.2, 0.25) is 0 Å². The Bertz CT molecular complexity index is 1130. The van der Waals surface area contributed by atoms with E-state index in [9.17, 15) is 4.79 Å². The fourth-order valence-electron chi connectivity index (χ4n) is 3.48. The summed E-state index contributed by atoms with van der Waals surface area (Å²) in [5, 5.41) is 12.3. The van der Waals surface area contributed by atoms with E-state index in [2.05, 4.69) is 20.3 Å². The molecule has 3 heterocycles. The van der Waals surface area contributed by atoms with Crippen LogP contribution in [0.4, 0.5) is 5.69 Å². The van der Waals surface area contributed by atoms with Crippen LogP contribution in [0.3, 0.4) is 0 Å². The number of benzene rings is 2. The molecule has 1 aliphatic rings. The molecule has 0 bridgehead atoms. The summed E-state index contributed by atoms with van der Waals surface area (Å²) in [5.41, 5.74) is 3.60. The van der Waals surface area contributed by atoms with E-state index in [0.29, 0.717) is 30.4 Å². The molecule has 4 aromatic rings. The maximum Gasteiger partial charge on any atom is 0.279 e. The van der Waals surface area contributed by atoms with E-state index in [4.69, 9.17) is 4.52 Å². The van der Waals surface area contributed by atoms with E-state index in [-0.39, 0.29) is 11.8 Å². The molecule has 134 valence electrons. The van der Waals surface area contributed by atoms with E-state index < -0.39 is 0 Å². The lowest BCUT2D eigenvalue weighted by atomic mass is 10.1. The van der Waals surface area contributed by atoms with Crippen LogP contribution >= 0.6 is 0 Å². The molecule has 1 N–H and O–H groups in total. The van der Waals surface area contributed by atoms with Gasteiger partial charge in [-0.2, -0.15) is 10.1 Å². The van der Waals surface area contributed by atoms with Crippen LogP contribution in [0.15, 0.2) is 53.1 Å². The number of hydrogen-bond donors (Lipinski definition) is 1. The number of H-pyrrole nitrogens is 1. The molecule has 2 aromatic heterocycles. The molecular formula is C20H17N5O2. The predicted octanol–water partition coefficient (Wildman–Crippen LogP) is 3.44. The highest BCUT2D eigenvalue weighted by Crippen LogP contribution is 2.32. The first-order valence-corrected chi connectivity index (χ1v) is 8.83. The van der Waals surface area contributed by atoms with Crippen molar-refractivity contribution >= 4 is 22.5 Å². The van der Waals surface area contributed by atoms with Gasteiger partial charge in [-0.1, -0.05) is 41.1 Å². The first-order valence-electron chi connectivity index (χ1n) is 8.83. The molecule has 0 spiro atoms. The van der Waals surface area contributed by atoms with E-state index in [1.807, 2.05) is 55.5 Å². The fourth-order valence-corrected chi connectivity index (χ4v) is 3.48. The Morgan fingerprint density at radius 2 is 1.96 bits per heavy atom. The first kappa shape index (κ1) is 15.7. The summed E-state index contributed by atoms with van der Waals surface area (Å²) in [7, 11) is 0. The van der Waals surface area contributed by atoms with Crippen molar-refractivity contribution in [2.75, 3.05) is 11.4 Å². The second-order valence-electron chi connectivity index (χ2n) is 6.82. The van der Waals surface area contributed by atoms with Gasteiger partial charge in [0.1, 0.15) is 0 Å². The highest BCUT2D eigenvalue weighted by atomic mass is 16.5. The Morgan fingerprint density at radius 1 is 1.15 bits per heavy atom. The average molecular weight is 359 g/mol. The predicted molar refractivity (Wildman–Crippen MR) is 100 cm³/mol. The fraction of sp³-hybridized carbons (Fsp3) is 0.200. The molecule has 7 nitrogen and oxygen atoms in total. The number of aromatic amines is 1. The quantitative estimate of drug-likeness (QED) is 0.605. The van der Waals surface area contributed by atoms with Crippen molar-refractivity contribution in [3.63, 3.8) is 0 Å². The van der Waals surface area contributed by atoms with Crippen LogP contribution in [0, 0.1) is 6.92 Å². The second-order valence-corrected chi connectivity index (χ2v) is 6.82. The van der Waals surface area contributed by atoms with E-state index >= 15 is 0 Å². The average Bonchev–Trinajstić information content (AvgIpc) is 3.39. The number of hydrogen-bond acceptors (Lipinski definition) is 5. The lowest BCUT2D eigenvalue weighted by molar-refractivity contribution is -0.117. The van der Waals surface area contributed by atoms with Crippen LogP contribution in [0.25, 0.3) is 22.5 Å². The summed E-state index contributed by atoms with van der Waals surface area (Å²) in [6.07, 6.45) is 0.369. The topological polar surface area (TPSA) is 87.9 Å². The standard InChI is InChI=1S/C20H17N5O2/c1-12-6-8-14(9-7-12)25-11-13(10-17(25)26)19-21-20(27-24-19)18-15-4-2-3-5-16(15)22-23-18/h2-9,13H,10-11H2,1H3,(H,22,23). The van der Waals surface area contributed by atoms with E-state index in [0.717, 1.165) is 22.2 Å². The third-order valence-electron chi connectivity index (χ3n) is 4.95. The third kappa shape index (κ3) is 2.68. The maximum absolute atomic E-state index is 12.5. The molecule has 0 saturated carbocycles. The molecule has 2 aromatic carbocycles. The minimum Gasteiger partial charge on any atom is -0.332 e. The van der Waals surface area contributed by atoms with Crippen molar-refractivity contribution in [1.29, 1.82) is 0 Å². The summed E-state index contributed by atoms with van der Waals surface area (Å²) in [6, 6.07) is 15.7. The number of carbonyl (C=O) groups excluding carboxylic acids is 1. The van der Waals surface area contributed by atoms with Crippen LogP contribution in [0.1, 0.15) is 23.7 Å². The van der Waals surface area contributed by atoms with Gasteiger partial charge in [-0.05, 0) is 25.1 Å². The monoisotopic (exact) mass is 359 g/mol. The molecule has 1 amide bonds. The highest BCUT2D eigenvalue weighted by molar-refractivity contribution is 5.96. The summed E-state index contributed by atoms with van der Waals surface area (Å²) in [4.78, 5) is 18.8. The SMILES string of the molecule is Cc1ccc(N2CC(c3noc(-c4n[nH]c5ccccc45)n3)CC2=O)cc1. The summed E-state index contributed by atoms with van der Waals surface area (Å²) in [5.74, 6) is 0.880. The Kier molecular flexibility index (Phi) is 3.53.